The molecule has 1 aliphatic carbocycles. The van der Waals surface area contributed by atoms with E-state index in [4.69, 9.17) is 0 Å². The molecule has 1 aromatic carbocycles. The van der Waals surface area contributed by atoms with E-state index in [1.165, 1.54) is 60.7 Å². The summed E-state index contributed by atoms with van der Waals surface area (Å²) in [5.74, 6) is 1.08. The van der Waals surface area contributed by atoms with Crippen molar-refractivity contribution < 1.29 is 0 Å². The quantitative estimate of drug-likeness (QED) is 0.659. The molecule has 2 aliphatic rings. The summed E-state index contributed by atoms with van der Waals surface area (Å²) in [5.41, 5.74) is 4.57. The maximum atomic E-state index is 4.55. The average molecular weight is 338 g/mol. The first-order valence-corrected chi connectivity index (χ1v) is 9.72. The number of guanidine groups is 1. The minimum atomic E-state index is 0.589. The lowest BCUT2D eigenvalue weighted by molar-refractivity contribution is 0.309. The van der Waals surface area contributed by atoms with E-state index in [1.807, 2.05) is 7.05 Å². The molecule has 2 heterocycles. The zero-order valence-electron chi connectivity index (χ0n) is 15.6. The average Bonchev–Trinajstić information content (AvgIpc) is 3.34. The number of rotatable bonds is 3. The maximum absolute atomic E-state index is 4.55. The Hall–Kier alpha value is -1.97. The smallest absolute Gasteiger partial charge is 0.193 e. The molecular formula is C21H30N4. The van der Waals surface area contributed by atoms with Crippen LogP contribution in [0.15, 0.2) is 29.4 Å². The summed E-state index contributed by atoms with van der Waals surface area (Å²) in [6, 6.07) is 6.46. The molecule has 1 saturated heterocycles. The number of aliphatic imine (C=N–C) groups is 1. The fraction of sp³-hybridized carbons (Fsp3) is 0.571. The SMILES string of the molecule is CN=C(NCCc1c[nH]c2cccc(C)c12)N1CCC2(CCCC2)C1. The number of fused-ring (bicyclic) bond motifs is 1. The Morgan fingerprint density at radius 1 is 1.28 bits per heavy atom. The summed E-state index contributed by atoms with van der Waals surface area (Å²) >= 11 is 0. The third-order valence-electron chi connectivity index (χ3n) is 6.29. The minimum Gasteiger partial charge on any atom is -0.361 e. The van der Waals surface area contributed by atoms with Gasteiger partial charge in [-0.3, -0.25) is 4.99 Å². The number of hydrogen-bond acceptors (Lipinski definition) is 1. The molecule has 25 heavy (non-hydrogen) atoms. The van der Waals surface area contributed by atoms with Crippen molar-refractivity contribution in [3.63, 3.8) is 0 Å². The molecule has 1 spiro atoms. The maximum Gasteiger partial charge on any atom is 0.193 e. The van der Waals surface area contributed by atoms with Gasteiger partial charge in [0.1, 0.15) is 0 Å². The molecule has 1 aromatic heterocycles. The fourth-order valence-corrected chi connectivity index (χ4v) is 4.94. The lowest BCUT2D eigenvalue weighted by Crippen LogP contribution is -2.41. The van der Waals surface area contributed by atoms with Crippen LogP contribution in [0.2, 0.25) is 0 Å². The Morgan fingerprint density at radius 2 is 2.12 bits per heavy atom. The van der Waals surface area contributed by atoms with Crippen molar-refractivity contribution in [3.05, 3.63) is 35.5 Å². The van der Waals surface area contributed by atoms with Crippen LogP contribution >= 0.6 is 0 Å². The molecule has 1 aliphatic heterocycles. The Kier molecular flexibility index (Phi) is 4.45. The Morgan fingerprint density at radius 3 is 2.92 bits per heavy atom. The molecule has 0 amide bonds. The molecule has 1 saturated carbocycles. The van der Waals surface area contributed by atoms with E-state index in [0.29, 0.717) is 5.41 Å². The number of aromatic nitrogens is 1. The second-order valence-electron chi connectivity index (χ2n) is 7.91. The van der Waals surface area contributed by atoms with Crippen molar-refractivity contribution >= 4 is 16.9 Å². The van der Waals surface area contributed by atoms with E-state index < -0.39 is 0 Å². The summed E-state index contributed by atoms with van der Waals surface area (Å²) in [7, 11) is 1.91. The molecule has 0 bridgehead atoms. The number of aromatic amines is 1. The third kappa shape index (κ3) is 3.14. The molecule has 0 unspecified atom stereocenters. The molecule has 2 aromatic rings. The van der Waals surface area contributed by atoms with Crippen molar-refractivity contribution in [3.8, 4) is 0 Å². The zero-order valence-corrected chi connectivity index (χ0v) is 15.6. The second-order valence-corrected chi connectivity index (χ2v) is 7.91. The van der Waals surface area contributed by atoms with Gasteiger partial charge in [-0.05, 0) is 55.2 Å². The molecule has 4 nitrogen and oxygen atoms in total. The standard InChI is InChI=1S/C21H30N4/c1-16-6-5-7-18-19(16)17(14-24-18)8-12-23-20(22-2)25-13-11-21(15-25)9-3-4-10-21/h5-7,14,24H,3-4,8-13,15H2,1-2H3,(H,22,23). The first-order chi connectivity index (χ1) is 12.2. The fourth-order valence-electron chi connectivity index (χ4n) is 4.94. The van der Waals surface area contributed by atoms with Gasteiger partial charge < -0.3 is 15.2 Å². The van der Waals surface area contributed by atoms with Gasteiger partial charge >= 0.3 is 0 Å². The second kappa shape index (κ2) is 6.74. The van der Waals surface area contributed by atoms with Crippen LogP contribution in [0.4, 0.5) is 0 Å². The summed E-state index contributed by atoms with van der Waals surface area (Å²) < 4.78 is 0. The van der Waals surface area contributed by atoms with Gasteiger partial charge in [0, 0.05) is 43.8 Å². The highest BCUT2D eigenvalue weighted by atomic mass is 15.3. The largest absolute Gasteiger partial charge is 0.361 e. The Labute approximate surface area is 150 Å². The normalized spacial score (nSPS) is 20.1. The van der Waals surface area contributed by atoms with Crippen molar-refractivity contribution in [1.29, 1.82) is 0 Å². The van der Waals surface area contributed by atoms with Gasteiger partial charge in [0.15, 0.2) is 5.96 Å². The van der Waals surface area contributed by atoms with E-state index in [2.05, 4.69) is 51.5 Å². The van der Waals surface area contributed by atoms with E-state index in [9.17, 15) is 0 Å². The summed E-state index contributed by atoms with van der Waals surface area (Å²) in [6.45, 7) is 5.47. The van der Waals surface area contributed by atoms with Crippen LogP contribution < -0.4 is 5.32 Å². The molecule has 4 heteroatoms. The number of aryl methyl sites for hydroxylation is 1. The van der Waals surface area contributed by atoms with Crippen LogP contribution in [0.25, 0.3) is 10.9 Å². The lowest BCUT2D eigenvalue weighted by Gasteiger charge is -2.25. The third-order valence-corrected chi connectivity index (χ3v) is 6.29. The predicted molar refractivity (Wildman–Crippen MR) is 105 cm³/mol. The number of likely N-dealkylation sites (tertiary alicyclic amines) is 1. The van der Waals surface area contributed by atoms with Crippen LogP contribution in [-0.2, 0) is 6.42 Å². The van der Waals surface area contributed by atoms with Crippen LogP contribution in [0.1, 0.15) is 43.2 Å². The molecular weight excluding hydrogens is 308 g/mol. The van der Waals surface area contributed by atoms with Crippen LogP contribution in [0.5, 0.6) is 0 Å². The molecule has 4 rings (SSSR count). The lowest BCUT2D eigenvalue weighted by atomic mass is 9.86. The number of H-pyrrole nitrogens is 1. The van der Waals surface area contributed by atoms with Crippen LogP contribution in [-0.4, -0.2) is 42.5 Å². The van der Waals surface area contributed by atoms with Gasteiger partial charge in [-0.25, -0.2) is 0 Å². The van der Waals surface area contributed by atoms with Crippen LogP contribution in [0, 0.1) is 12.3 Å². The zero-order chi connectivity index (χ0) is 17.3. The van der Waals surface area contributed by atoms with Crippen LogP contribution in [0.3, 0.4) is 0 Å². The predicted octanol–water partition coefficient (Wildman–Crippen LogP) is 3.86. The molecule has 0 radical (unpaired) electrons. The van der Waals surface area contributed by atoms with Gasteiger partial charge in [-0.15, -0.1) is 0 Å². The highest BCUT2D eigenvalue weighted by Crippen LogP contribution is 2.45. The Balaban J connectivity index is 1.37. The molecule has 2 N–H and O–H groups in total. The van der Waals surface area contributed by atoms with E-state index in [-0.39, 0.29) is 0 Å². The first kappa shape index (κ1) is 16.5. The molecule has 2 fully saturated rings. The summed E-state index contributed by atoms with van der Waals surface area (Å²) in [4.78, 5) is 10.4. The van der Waals surface area contributed by atoms with Gasteiger partial charge in [0.2, 0.25) is 0 Å². The van der Waals surface area contributed by atoms with E-state index in [0.717, 1.165) is 25.5 Å². The van der Waals surface area contributed by atoms with Crippen molar-refractivity contribution in [2.24, 2.45) is 10.4 Å². The number of nitrogens with one attached hydrogen (secondary N) is 2. The highest BCUT2D eigenvalue weighted by Gasteiger charge is 2.40. The monoisotopic (exact) mass is 338 g/mol. The van der Waals surface area contributed by atoms with E-state index in [1.54, 1.807) is 0 Å². The van der Waals surface area contributed by atoms with Gasteiger partial charge in [0.05, 0.1) is 0 Å². The topological polar surface area (TPSA) is 43.4 Å². The van der Waals surface area contributed by atoms with Gasteiger partial charge in [0.25, 0.3) is 0 Å². The Bertz CT molecular complexity index is 767. The van der Waals surface area contributed by atoms with Gasteiger partial charge in [-0.1, -0.05) is 25.0 Å². The van der Waals surface area contributed by atoms with E-state index >= 15 is 0 Å². The molecule has 134 valence electrons. The highest BCUT2D eigenvalue weighted by molar-refractivity contribution is 5.86. The minimum absolute atomic E-state index is 0.589. The summed E-state index contributed by atoms with van der Waals surface area (Å²) in [5, 5.41) is 4.98. The van der Waals surface area contributed by atoms with Gasteiger partial charge in [-0.2, -0.15) is 0 Å². The number of benzene rings is 1. The number of hydrogen-bond donors (Lipinski definition) is 2. The van der Waals surface area contributed by atoms with Crippen molar-refractivity contribution in [2.45, 2.75) is 45.4 Å². The van der Waals surface area contributed by atoms with Crippen molar-refractivity contribution in [2.75, 3.05) is 26.7 Å². The molecule has 0 atom stereocenters. The first-order valence-electron chi connectivity index (χ1n) is 9.72. The van der Waals surface area contributed by atoms with Crippen molar-refractivity contribution in [1.82, 2.24) is 15.2 Å². The summed E-state index contributed by atoms with van der Waals surface area (Å²) in [6.07, 6.45) is 10.2. The number of nitrogens with zero attached hydrogens (tertiary/aromatic N) is 2.